The number of ether oxygens (including phenoxy) is 1. The lowest BCUT2D eigenvalue weighted by molar-refractivity contribution is -0.130. The minimum absolute atomic E-state index is 0.0192. The number of nitrogens with one attached hydrogen (secondary N) is 1. The number of carbonyl (C=O) groups is 2. The number of rotatable bonds is 3. The number of aryl methyl sites for hydroxylation is 1. The van der Waals surface area contributed by atoms with Crippen molar-refractivity contribution in [3.63, 3.8) is 0 Å². The summed E-state index contributed by atoms with van der Waals surface area (Å²) in [6.07, 6.45) is 1.67. The molecule has 1 spiro atoms. The molecule has 2 heterocycles. The van der Waals surface area contributed by atoms with Gasteiger partial charge in [-0.05, 0) is 45.7 Å². The van der Waals surface area contributed by atoms with Gasteiger partial charge in [-0.3, -0.25) is 9.59 Å². The lowest BCUT2D eigenvalue weighted by atomic mass is 9.71. The lowest BCUT2D eigenvalue weighted by Crippen LogP contribution is -2.46. The molecule has 3 rings (SSSR count). The van der Waals surface area contributed by atoms with E-state index in [0.29, 0.717) is 31.9 Å². The van der Waals surface area contributed by atoms with E-state index in [1.54, 1.807) is 0 Å². The predicted octanol–water partition coefficient (Wildman–Crippen LogP) is 2.39. The summed E-state index contributed by atoms with van der Waals surface area (Å²) >= 11 is 0. The zero-order valence-corrected chi connectivity index (χ0v) is 15.4. The monoisotopic (exact) mass is 344 g/mol. The largest absolute Gasteiger partial charge is 0.381 e. The Morgan fingerprint density at radius 2 is 1.84 bits per heavy atom. The molecule has 1 N–H and O–H groups in total. The Bertz CT molecular complexity index is 633. The molecule has 136 valence electrons. The summed E-state index contributed by atoms with van der Waals surface area (Å²) < 4.78 is 5.52. The van der Waals surface area contributed by atoms with Gasteiger partial charge in [0, 0.05) is 43.3 Å². The summed E-state index contributed by atoms with van der Waals surface area (Å²) in [6.45, 7) is 8.41. The van der Waals surface area contributed by atoms with Crippen LogP contribution in [0.25, 0.3) is 0 Å². The van der Waals surface area contributed by atoms with E-state index in [-0.39, 0.29) is 29.2 Å². The number of carbonyl (C=O) groups excluding carboxylic acids is 2. The van der Waals surface area contributed by atoms with Crippen LogP contribution >= 0.6 is 0 Å². The second kappa shape index (κ2) is 7.16. The third-order valence-electron chi connectivity index (χ3n) is 5.47. The Kier molecular flexibility index (Phi) is 5.13. The fourth-order valence-corrected chi connectivity index (χ4v) is 4.03. The normalized spacial score (nSPS) is 22.4. The summed E-state index contributed by atoms with van der Waals surface area (Å²) in [5.74, 6) is -0.0741. The van der Waals surface area contributed by atoms with Crippen LogP contribution in [0.15, 0.2) is 24.3 Å². The highest BCUT2D eigenvalue weighted by Gasteiger charge is 2.51. The van der Waals surface area contributed by atoms with Crippen molar-refractivity contribution in [1.82, 2.24) is 10.2 Å². The first-order valence-electron chi connectivity index (χ1n) is 9.15. The maximum absolute atomic E-state index is 12.9. The van der Waals surface area contributed by atoms with E-state index in [1.165, 1.54) is 0 Å². The van der Waals surface area contributed by atoms with Gasteiger partial charge in [-0.25, -0.2) is 0 Å². The van der Waals surface area contributed by atoms with Crippen molar-refractivity contribution >= 4 is 11.8 Å². The third-order valence-corrected chi connectivity index (χ3v) is 5.47. The molecule has 2 fully saturated rings. The quantitative estimate of drug-likeness (QED) is 0.916. The van der Waals surface area contributed by atoms with E-state index in [2.05, 4.69) is 5.32 Å². The topological polar surface area (TPSA) is 58.6 Å². The van der Waals surface area contributed by atoms with Crippen LogP contribution in [0.1, 0.15) is 42.6 Å². The molecular weight excluding hydrogens is 316 g/mol. The molecule has 0 unspecified atom stereocenters. The molecule has 0 saturated carbocycles. The van der Waals surface area contributed by atoms with Gasteiger partial charge < -0.3 is 15.0 Å². The highest BCUT2D eigenvalue weighted by molar-refractivity contribution is 5.95. The van der Waals surface area contributed by atoms with Crippen LogP contribution in [-0.4, -0.2) is 49.1 Å². The fraction of sp³-hybridized carbons (Fsp3) is 0.600. The maximum atomic E-state index is 12.9. The van der Waals surface area contributed by atoms with Crippen molar-refractivity contribution in [2.24, 2.45) is 11.3 Å². The summed E-state index contributed by atoms with van der Waals surface area (Å²) in [4.78, 5) is 27.6. The van der Waals surface area contributed by atoms with Gasteiger partial charge in [0.05, 0.1) is 5.92 Å². The minimum Gasteiger partial charge on any atom is -0.381 e. The number of hydrogen-bond donors (Lipinski definition) is 1. The Morgan fingerprint density at radius 1 is 1.20 bits per heavy atom. The van der Waals surface area contributed by atoms with Crippen LogP contribution in [-0.2, 0) is 9.53 Å². The molecule has 2 aliphatic heterocycles. The molecule has 0 bridgehead atoms. The zero-order valence-electron chi connectivity index (χ0n) is 15.4. The van der Waals surface area contributed by atoms with E-state index >= 15 is 0 Å². The van der Waals surface area contributed by atoms with Crippen LogP contribution < -0.4 is 5.32 Å². The molecule has 1 aromatic carbocycles. The fourth-order valence-electron chi connectivity index (χ4n) is 4.03. The maximum Gasteiger partial charge on any atom is 0.253 e. The molecule has 2 saturated heterocycles. The first-order chi connectivity index (χ1) is 11.9. The molecule has 0 aromatic heterocycles. The van der Waals surface area contributed by atoms with Crippen LogP contribution in [0, 0.1) is 18.3 Å². The van der Waals surface area contributed by atoms with Crippen LogP contribution in [0.5, 0.6) is 0 Å². The van der Waals surface area contributed by atoms with Gasteiger partial charge in [-0.1, -0.05) is 17.7 Å². The van der Waals surface area contributed by atoms with E-state index in [4.69, 9.17) is 4.74 Å². The molecule has 1 atom stereocenters. The second-order valence-corrected chi connectivity index (χ2v) is 7.74. The molecule has 0 aliphatic carbocycles. The minimum atomic E-state index is -0.159. The zero-order chi connectivity index (χ0) is 18.0. The molecular formula is C20H28N2O3. The van der Waals surface area contributed by atoms with Gasteiger partial charge >= 0.3 is 0 Å². The molecule has 25 heavy (non-hydrogen) atoms. The first-order valence-corrected chi connectivity index (χ1v) is 9.15. The predicted molar refractivity (Wildman–Crippen MR) is 96.3 cm³/mol. The SMILES string of the molecule is Cc1ccc(C(=O)N2C[C@H](C(=O)NC(C)C)C3(CCOCC3)C2)cc1. The summed E-state index contributed by atoms with van der Waals surface area (Å²) in [5.41, 5.74) is 1.67. The van der Waals surface area contributed by atoms with E-state index < -0.39 is 0 Å². The van der Waals surface area contributed by atoms with Gasteiger partial charge in [0.1, 0.15) is 0 Å². The van der Waals surface area contributed by atoms with E-state index in [1.807, 2.05) is 49.9 Å². The van der Waals surface area contributed by atoms with Gasteiger partial charge in [-0.15, -0.1) is 0 Å². The van der Waals surface area contributed by atoms with Crippen molar-refractivity contribution in [2.75, 3.05) is 26.3 Å². The Balaban J connectivity index is 1.82. The van der Waals surface area contributed by atoms with Crippen LogP contribution in [0.2, 0.25) is 0 Å². The Labute approximate surface area is 149 Å². The average molecular weight is 344 g/mol. The second-order valence-electron chi connectivity index (χ2n) is 7.74. The van der Waals surface area contributed by atoms with Gasteiger partial charge in [0.2, 0.25) is 5.91 Å². The molecule has 0 radical (unpaired) electrons. The molecule has 5 nitrogen and oxygen atoms in total. The first kappa shape index (κ1) is 17.9. The standard InChI is InChI=1S/C20H28N2O3/c1-14(2)21-18(23)17-12-22(13-20(17)8-10-25-11-9-20)19(24)16-6-4-15(3)5-7-16/h4-7,14,17H,8-13H2,1-3H3,(H,21,23)/t17-/m1/s1. The van der Waals surface area contributed by atoms with Crippen LogP contribution in [0.4, 0.5) is 0 Å². The van der Waals surface area contributed by atoms with Crippen molar-refractivity contribution in [3.05, 3.63) is 35.4 Å². The van der Waals surface area contributed by atoms with Crippen LogP contribution in [0.3, 0.4) is 0 Å². The third kappa shape index (κ3) is 3.71. The molecule has 2 amide bonds. The highest BCUT2D eigenvalue weighted by atomic mass is 16.5. The number of amides is 2. The van der Waals surface area contributed by atoms with Crippen molar-refractivity contribution in [2.45, 2.75) is 39.7 Å². The van der Waals surface area contributed by atoms with E-state index in [9.17, 15) is 9.59 Å². The van der Waals surface area contributed by atoms with Gasteiger partial charge in [0.15, 0.2) is 0 Å². The average Bonchev–Trinajstić information content (AvgIpc) is 2.94. The summed E-state index contributed by atoms with van der Waals surface area (Å²) in [6, 6.07) is 7.75. The lowest BCUT2D eigenvalue weighted by Gasteiger charge is -2.37. The number of nitrogens with zero attached hydrogens (tertiary/aromatic N) is 1. The smallest absolute Gasteiger partial charge is 0.253 e. The summed E-state index contributed by atoms with van der Waals surface area (Å²) in [7, 11) is 0. The molecule has 1 aromatic rings. The Morgan fingerprint density at radius 3 is 2.44 bits per heavy atom. The van der Waals surface area contributed by atoms with Crippen molar-refractivity contribution in [3.8, 4) is 0 Å². The molecule has 2 aliphatic rings. The number of likely N-dealkylation sites (tertiary alicyclic amines) is 1. The highest BCUT2D eigenvalue weighted by Crippen LogP contribution is 2.44. The Hall–Kier alpha value is -1.88. The molecule has 5 heteroatoms. The summed E-state index contributed by atoms with van der Waals surface area (Å²) in [5, 5.41) is 3.05. The number of hydrogen-bond acceptors (Lipinski definition) is 3. The van der Waals surface area contributed by atoms with E-state index in [0.717, 1.165) is 18.4 Å². The van der Waals surface area contributed by atoms with Gasteiger partial charge in [0.25, 0.3) is 5.91 Å². The number of benzene rings is 1. The van der Waals surface area contributed by atoms with Crippen molar-refractivity contribution in [1.29, 1.82) is 0 Å². The van der Waals surface area contributed by atoms with Crippen molar-refractivity contribution < 1.29 is 14.3 Å². The van der Waals surface area contributed by atoms with Gasteiger partial charge in [-0.2, -0.15) is 0 Å².